The minimum Gasteiger partial charge on any atom is -0.393 e. The Morgan fingerprint density at radius 1 is 1.58 bits per heavy atom. The smallest absolute Gasteiger partial charge is 0.0860 e. The van der Waals surface area contributed by atoms with Crippen molar-refractivity contribution < 1.29 is 9.84 Å². The lowest BCUT2D eigenvalue weighted by atomic mass is 10.1. The SMILES string of the molecule is CC(C)(CO)OCc1ccsc1. The Morgan fingerprint density at radius 3 is 2.83 bits per heavy atom. The summed E-state index contributed by atoms with van der Waals surface area (Å²) < 4.78 is 5.48. The highest BCUT2D eigenvalue weighted by Crippen LogP contribution is 2.13. The van der Waals surface area contributed by atoms with Crippen LogP contribution in [-0.4, -0.2) is 17.3 Å². The van der Waals surface area contributed by atoms with Crippen LogP contribution in [0.25, 0.3) is 0 Å². The molecule has 12 heavy (non-hydrogen) atoms. The average Bonchev–Trinajstić information content (AvgIpc) is 2.53. The van der Waals surface area contributed by atoms with Crippen LogP contribution in [0.1, 0.15) is 19.4 Å². The summed E-state index contributed by atoms with van der Waals surface area (Å²) in [5.74, 6) is 0. The highest BCUT2D eigenvalue weighted by Gasteiger charge is 2.16. The topological polar surface area (TPSA) is 29.5 Å². The lowest BCUT2D eigenvalue weighted by Crippen LogP contribution is -2.28. The van der Waals surface area contributed by atoms with Crippen molar-refractivity contribution in [2.24, 2.45) is 0 Å². The van der Waals surface area contributed by atoms with E-state index >= 15 is 0 Å². The van der Waals surface area contributed by atoms with Crippen LogP contribution in [0, 0.1) is 0 Å². The van der Waals surface area contributed by atoms with Gasteiger partial charge in [-0.1, -0.05) is 0 Å². The first kappa shape index (κ1) is 9.71. The van der Waals surface area contributed by atoms with Crippen LogP contribution in [0.3, 0.4) is 0 Å². The largest absolute Gasteiger partial charge is 0.393 e. The van der Waals surface area contributed by atoms with Gasteiger partial charge in [-0.05, 0) is 36.2 Å². The Balaban J connectivity index is 2.36. The molecule has 0 saturated heterocycles. The van der Waals surface area contributed by atoms with E-state index in [1.807, 2.05) is 30.7 Å². The first-order valence-electron chi connectivity index (χ1n) is 3.90. The van der Waals surface area contributed by atoms with Gasteiger partial charge >= 0.3 is 0 Å². The molecule has 0 atom stereocenters. The molecule has 0 aliphatic carbocycles. The molecule has 0 unspecified atom stereocenters. The van der Waals surface area contributed by atoms with Gasteiger partial charge in [-0.2, -0.15) is 11.3 Å². The second-order valence-electron chi connectivity index (χ2n) is 3.34. The van der Waals surface area contributed by atoms with E-state index in [1.54, 1.807) is 11.3 Å². The van der Waals surface area contributed by atoms with Crippen LogP contribution in [0.2, 0.25) is 0 Å². The minimum atomic E-state index is -0.429. The summed E-state index contributed by atoms with van der Waals surface area (Å²) in [7, 11) is 0. The van der Waals surface area contributed by atoms with Gasteiger partial charge in [-0.3, -0.25) is 0 Å². The fraction of sp³-hybridized carbons (Fsp3) is 0.556. The predicted octanol–water partition coefficient (Wildman–Crippen LogP) is 2.04. The van der Waals surface area contributed by atoms with E-state index in [1.165, 1.54) is 5.56 Å². The Morgan fingerprint density at radius 2 is 2.33 bits per heavy atom. The molecular weight excluding hydrogens is 172 g/mol. The number of rotatable bonds is 4. The van der Waals surface area contributed by atoms with Gasteiger partial charge in [0.05, 0.1) is 18.8 Å². The highest BCUT2D eigenvalue weighted by atomic mass is 32.1. The summed E-state index contributed by atoms with van der Waals surface area (Å²) in [6.45, 7) is 4.38. The van der Waals surface area contributed by atoms with E-state index in [0.29, 0.717) is 6.61 Å². The fourth-order valence-electron chi connectivity index (χ4n) is 0.699. The van der Waals surface area contributed by atoms with Gasteiger partial charge in [0.1, 0.15) is 0 Å². The first-order valence-corrected chi connectivity index (χ1v) is 4.84. The molecule has 1 rings (SSSR count). The number of aliphatic hydroxyl groups excluding tert-OH is 1. The highest BCUT2D eigenvalue weighted by molar-refractivity contribution is 7.07. The van der Waals surface area contributed by atoms with Crippen molar-refractivity contribution in [3.05, 3.63) is 22.4 Å². The molecule has 1 aromatic rings. The van der Waals surface area contributed by atoms with E-state index in [4.69, 9.17) is 9.84 Å². The maximum atomic E-state index is 8.90. The van der Waals surface area contributed by atoms with Crippen LogP contribution >= 0.6 is 11.3 Å². The molecule has 0 aliphatic heterocycles. The van der Waals surface area contributed by atoms with Gasteiger partial charge < -0.3 is 9.84 Å². The third kappa shape index (κ3) is 2.93. The zero-order chi connectivity index (χ0) is 9.03. The van der Waals surface area contributed by atoms with Gasteiger partial charge in [0.15, 0.2) is 0 Å². The Kier molecular flexibility index (Phi) is 3.26. The summed E-state index contributed by atoms with van der Waals surface area (Å²) in [4.78, 5) is 0. The summed E-state index contributed by atoms with van der Waals surface area (Å²) in [6.07, 6.45) is 0. The zero-order valence-electron chi connectivity index (χ0n) is 7.41. The monoisotopic (exact) mass is 186 g/mol. The van der Waals surface area contributed by atoms with E-state index in [-0.39, 0.29) is 6.61 Å². The third-order valence-electron chi connectivity index (χ3n) is 1.59. The Hall–Kier alpha value is -0.380. The number of ether oxygens (including phenoxy) is 1. The van der Waals surface area contributed by atoms with Gasteiger partial charge in [0, 0.05) is 0 Å². The molecule has 1 aromatic heterocycles. The molecule has 0 amide bonds. The summed E-state index contributed by atoms with van der Waals surface area (Å²) in [6, 6.07) is 2.03. The Bertz CT molecular complexity index is 216. The molecule has 1 N–H and O–H groups in total. The summed E-state index contributed by atoms with van der Waals surface area (Å²) in [5, 5.41) is 13.0. The maximum absolute atomic E-state index is 8.90. The van der Waals surface area contributed by atoms with Crippen molar-refractivity contribution in [3.8, 4) is 0 Å². The van der Waals surface area contributed by atoms with Crippen molar-refractivity contribution >= 4 is 11.3 Å². The van der Waals surface area contributed by atoms with Gasteiger partial charge in [-0.25, -0.2) is 0 Å². The standard InChI is InChI=1S/C9H14O2S/c1-9(2,7-10)11-5-8-3-4-12-6-8/h3-4,6,10H,5,7H2,1-2H3. The normalized spacial score (nSPS) is 11.9. The lowest BCUT2D eigenvalue weighted by molar-refractivity contribution is -0.0632. The van der Waals surface area contributed by atoms with Gasteiger partial charge in [0.2, 0.25) is 0 Å². The summed E-state index contributed by atoms with van der Waals surface area (Å²) in [5.41, 5.74) is 0.739. The van der Waals surface area contributed by atoms with E-state index in [9.17, 15) is 0 Å². The van der Waals surface area contributed by atoms with Crippen molar-refractivity contribution in [1.82, 2.24) is 0 Å². The summed E-state index contributed by atoms with van der Waals surface area (Å²) >= 11 is 1.66. The maximum Gasteiger partial charge on any atom is 0.0860 e. The predicted molar refractivity (Wildman–Crippen MR) is 50.3 cm³/mol. The molecule has 0 fully saturated rings. The van der Waals surface area contributed by atoms with Crippen molar-refractivity contribution in [2.45, 2.75) is 26.1 Å². The average molecular weight is 186 g/mol. The van der Waals surface area contributed by atoms with Gasteiger partial charge in [-0.15, -0.1) is 0 Å². The van der Waals surface area contributed by atoms with Gasteiger partial charge in [0.25, 0.3) is 0 Å². The zero-order valence-corrected chi connectivity index (χ0v) is 8.23. The molecule has 0 bridgehead atoms. The first-order chi connectivity index (χ1) is 5.64. The van der Waals surface area contributed by atoms with Crippen molar-refractivity contribution in [3.63, 3.8) is 0 Å². The van der Waals surface area contributed by atoms with Crippen LogP contribution < -0.4 is 0 Å². The number of aliphatic hydroxyl groups is 1. The third-order valence-corrected chi connectivity index (χ3v) is 2.32. The van der Waals surface area contributed by atoms with Crippen LogP contribution in [0.15, 0.2) is 16.8 Å². The van der Waals surface area contributed by atoms with Crippen LogP contribution in [0.5, 0.6) is 0 Å². The second-order valence-corrected chi connectivity index (χ2v) is 4.12. The molecule has 1 heterocycles. The number of hydrogen-bond donors (Lipinski definition) is 1. The molecule has 0 aliphatic rings. The molecule has 0 aromatic carbocycles. The number of hydrogen-bond acceptors (Lipinski definition) is 3. The molecule has 2 nitrogen and oxygen atoms in total. The molecule has 0 radical (unpaired) electrons. The van der Waals surface area contributed by atoms with Crippen molar-refractivity contribution in [1.29, 1.82) is 0 Å². The van der Waals surface area contributed by atoms with Crippen LogP contribution in [-0.2, 0) is 11.3 Å². The van der Waals surface area contributed by atoms with Crippen molar-refractivity contribution in [2.75, 3.05) is 6.61 Å². The molecule has 0 spiro atoms. The molecule has 0 saturated carbocycles. The van der Waals surface area contributed by atoms with E-state index < -0.39 is 5.60 Å². The number of thiophene rings is 1. The second kappa shape index (κ2) is 4.03. The van der Waals surface area contributed by atoms with Crippen LogP contribution in [0.4, 0.5) is 0 Å². The van der Waals surface area contributed by atoms with E-state index in [0.717, 1.165) is 0 Å². The molecule has 3 heteroatoms. The minimum absolute atomic E-state index is 0.0527. The Labute approximate surface area is 76.8 Å². The van der Waals surface area contributed by atoms with E-state index in [2.05, 4.69) is 0 Å². The lowest BCUT2D eigenvalue weighted by Gasteiger charge is -2.21. The molecular formula is C9H14O2S. The quantitative estimate of drug-likeness (QED) is 0.779. The molecule has 68 valence electrons. The fourth-order valence-corrected chi connectivity index (χ4v) is 1.35.